The van der Waals surface area contributed by atoms with Crippen molar-refractivity contribution < 1.29 is 9.47 Å². The minimum absolute atomic E-state index is 0.848. The molecule has 0 aliphatic heterocycles. The molecule has 0 fully saturated rings. The Kier molecular flexibility index (Phi) is 8.41. The topological polar surface area (TPSA) is 28.3 Å². The third-order valence-electron chi connectivity index (χ3n) is 11.7. The van der Waals surface area contributed by atoms with Gasteiger partial charge in [0.25, 0.3) is 0 Å². The second kappa shape index (κ2) is 13.9. The van der Waals surface area contributed by atoms with Crippen molar-refractivity contribution in [1.82, 2.24) is 9.13 Å². The van der Waals surface area contributed by atoms with Gasteiger partial charge in [0.15, 0.2) is 0 Å². The molecular formula is C53H42N2O2. The fraction of sp³-hybridized carbons (Fsp3) is 0.0943. The highest BCUT2D eigenvalue weighted by Crippen LogP contribution is 2.45. The number of hydrogen-bond donors (Lipinski definition) is 0. The highest BCUT2D eigenvalue weighted by molar-refractivity contribution is 6.14. The van der Waals surface area contributed by atoms with Crippen molar-refractivity contribution in [2.24, 2.45) is 0 Å². The molecule has 4 nitrogen and oxygen atoms in total. The number of aryl methyl sites for hydroxylation is 2. The van der Waals surface area contributed by atoms with Crippen LogP contribution in [-0.2, 0) is 17.6 Å². The van der Waals surface area contributed by atoms with Gasteiger partial charge in [-0.2, -0.15) is 0 Å². The molecule has 0 amide bonds. The maximum Gasteiger partial charge on any atom is 0.119 e. The summed E-state index contributed by atoms with van der Waals surface area (Å²) in [7, 11) is 3.43. The zero-order valence-corrected chi connectivity index (χ0v) is 32.4. The predicted molar refractivity (Wildman–Crippen MR) is 239 cm³/mol. The largest absolute Gasteiger partial charge is 0.501 e. The van der Waals surface area contributed by atoms with Crippen molar-refractivity contribution in [3.8, 4) is 39.4 Å². The van der Waals surface area contributed by atoms with Gasteiger partial charge in [-0.15, -0.1) is 0 Å². The third-order valence-corrected chi connectivity index (χ3v) is 11.7. The van der Waals surface area contributed by atoms with Crippen LogP contribution in [0.25, 0.3) is 82.8 Å². The van der Waals surface area contributed by atoms with E-state index in [0.717, 1.165) is 52.4 Å². The quantitative estimate of drug-likeness (QED) is 0.115. The van der Waals surface area contributed by atoms with E-state index in [-0.39, 0.29) is 0 Å². The predicted octanol–water partition coefficient (Wildman–Crippen LogP) is 13.4. The summed E-state index contributed by atoms with van der Waals surface area (Å²) in [6, 6.07) is 53.3. The smallest absolute Gasteiger partial charge is 0.119 e. The van der Waals surface area contributed by atoms with E-state index in [2.05, 4.69) is 161 Å². The van der Waals surface area contributed by atoms with Gasteiger partial charge in [0.2, 0.25) is 0 Å². The molecule has 0 unspecified atom stereocenters. The first kappa shape index (κ1) is 34.5. The van der Waals surface area contributed by atoms with Crippen LogP contribution in [0.4, 0.5) is 0 Å². The van der Waals surface area contributed by atoms with Gasteiger partial charge in [-0.3, -0.25) is 0 Å². The van der Waals surface area contributed by atoms with Crippen LogP contribution < -0.4 is 4.74 Å². The monoisotopic (exact) mass is 738 g/mol. The lowest BCUT2D eigenvalue weighted by Crippen LogP contribution is -2.05. The van der Waals surface area contributed by atoms with E-state index in [1.807, 2.05) is 25.1 Å². The van der Waals surface area contributed by atoms with Gasteiger partial charge in [-0.25, -0.2) is 0 Å². The van der Waals surface area contributed by atoms with Crippen molar-refractivity contribution in [3.63, 3.8) is 0 Å². The van der Waals surface area contributed by atoms with E-state index >= 15 is 0 Å². The molecule has 0 saturated heterocycles. The molecule has 276 valence electrons. The summed E-state index contributed by atoms with van der Waals surface area (Å²) in [6.07, 6.45) is 7.92. The lowest BCUT2D eigenvalue weighted by Gasteiger charge is -2.21. The zero-order valence-electron chi connectivity index (χ0n) is 32.4. The SMILES string of the molecule is C=C/C=C(\C=C(/C)OC)c1ccc2c(c1)c1cc3c(cc1n2-c1ccccc1)-c1cc2c(cc1CC3)c1cc(-c3cccc(OC)c3)ccc1n2-c1ccccc1. The number of fused-ring (bicyclic) bond motifs is 9. The molecule has 9 aromatic rings. The first-order valence-electron chi connectivity index (χ1n) is 19.6. The molecule has 0 spiro atoms. The molecule has 0 radical (unpaired) electrons. The van der Waals surface area contributed by atoms with Gasteiger partial charge >= 0.3 is 0 Å². The van der Waals surface area contributed by atoms with Crippen LogP contribution in [0.2, 0.25) is 0 Å². The van der Waals surface area contributed by atoms with Gasteiger partial charge in [-0.05, 0) is 155 Å². The van der Waals surface area contributed by atoms with Gasteiger partial charge in [0, 0.05) is 32.9 Å². The van der Waals surface area contributed by atoms with Gasteiger partial charge in [0.05, 0.1) is 42.0 Å². The summed E-state index contributed by atoms with van der Waals surface area (Å²) in [5, 5.41) is 5.00. The first-order valence-corrected chi connectivity index (χ1v) is 19.6. The molecule has 0 atom stereocenters. The molecule has 57 heavy (non-hydrogen) atoms. The van der Waals surface area contributed by atoms with Crippen molar-refractivity contribution >= 4 is 49.2 Å². The number of ether oxygens (including phenoxy) is 2. The Morgan fingerprint density at radius 2 is 1.12 bits per heavy atom. The number of aromatic nitrogens is 2. The van der Waals surface area contributed by atoms with Crippen LogP contribution in [0.5, 0.6) is 5.75 Å². The Hall–Kier alpha value is -7.04. The molecular weight excluding hydrogens is 697 g/mol. The van der Waals surface area contributed by atoms with E-state index in [1.54, 1.807) is 14.2 Å². The van der Waals surface area contributed by atoms with Crippen LogP contribution in [-0.4, -0.2) is 23.4 Å². The average molecular weight is 739 g/mol. The fourth-order valence-corrected chi connectivity index (χ4v) is 8.91. The normalized spacial score (nSPS) is 13.0. The molecule has 7 aromatic carbocycles. The molecule has 4 heteroatoms. The summed E-state index contributed by atoms with van der Waals surface area (Å²) in [6.45, 7) is 5.98. The maximum atomic E-state index is 5.59. The van der Waals surface area contributed by atoms with Gasteiger partial charge in [-0.1, -0.05) is 79.4 Å². The summed E-state index contributed by atoms with van der Waals surface area (Å²) in [5.74, 6) is 1.71. The van der Waals surface area contributed by atoms with Crippen molar-refractivity contribution in [2.45, 2.75) is 19.8 Å². The number of benzene rings is 7. The first-order chi connectivity index (χ1) is 28.0. The minimum Gasteiger partial charge on any atom is -0.501 e. The third kappa shape index (κ3) is 5.76. The van der Waals surface area contributed by atoms with E-state index in [4.69, 9.17) is 9.47 Å². The van der Waals surface area contributed by atoms with Crippen LogP contribution in [0.1, 0.15) is 23.6 Å². The molecule has 10 rings (SSSR count). The summed E-state index contributed by atoms with van der Waals surface area (Å²) < 4.78 is 16.0. The number of para-hydroxylation sites is 2. The lowest BCUT2D eigenvalue weighted by atomic mass is 9.84. The maximum absolute atomic E-state index is 5.59. The molecule has 1 aliphatic rings. The van der Waals surface area contributed by atoms with Crippen molar-refractivity contribution in [2.75, 3.05) is 14.2 Å². The van der Waals surface area contributed by atoms with Crippen molar-refractivity contribution in [1.29, 1.82) is 0 Å². The molecule has 2 aromatic heterocycles. The number of nitrogens with zero attached hydrogens (tertiary/aromatic N) is 2. The van der Waals surface area contributed by atoms with Gasteiger partial charge < -0.3 is 18.6 Å². The second-order valence-corrected chi connectivity index (χ2v) is 14.9. The number of methoxy groups -OCH3 is 2. The molecule has 0 bridgehead atoms. The Morgan fingerprint density at radius 1 is 0.561 bits per heavy atom. The Balaban J connectivity index is 1.22. The van der Waals surface area contributed by atoms with E-state index in [0.29, 0.717) is 0 Å². The fourth-order valence-electron chi connectivity index (χ4n) is 8.91. The summed E-state index contributed by atoms with van der Waals surface area (Å²) in [4.78, 5) is 0. The van der Waals surface area contributed by atoms with Crippen LogP contribution >= 0.6 is 0 Å². The summed E-state index contributed by atoms with van der Waals surface area (Å²) >= 11 is 0. The number of rotatable bonds is 8. The van der Waals surface area contributed by atoms with E-state index in [9.17, 15) is 0 Å². The lowest BCUT2D eigenvalue weighted by molar-refractivity contribution is 0.294. The average Bonchev–Trinajstić information content (AvgIpc) is 3.76. The number of allylic oxidation sites excluding steroid dienone is 5. The molecule has 2 heterocycles. The highest BCUT2D eigenvalue weighted by atomic mass is 16.5. The molecule has 0 N–H and O–H groups in total. The zero-order chi connectivity index (χ0) is 38.6. The van der Waals surface area contributed by atoms with E-state index < -0.39 is 0 Å². The number of hydrogen-bond acceptors (Lipinski definition) is 2. The van der Waals surface area contributed by atoms with Crippen LogP contribution in [0.3, 0.4) is 0 Å². The Bertz CT molecular complexity index is 3110. The molecule has 0 saturated carbocycles. The highest BCUT2D eigenvalue weighted by Gasteiger charge is 2.24. The summed E-state index contributed by atoms with van der Waals surface area (Å²) in [5.41, 5.74) is 17.0. The van der Waals surface area contributed by atoms with E-state index in [1.165, 1.54) is 71.4 Å². The Labute approximate surface area is 332 Å². The second-order valence-electron chi connectivity index (χ2n) is 14.9. The van der Waals surface area contributed by atoms with Crippen molar-refractivity contribution in [3.05, 3.63) is 193 Å². The molecule has 1 aliphatic carbocycles. The van der Waals surface area contributed by atoms with Gasteiger partial charge in [0.1, 0.15) is 5.75 Å². The Morgan fingerprint density at radius 3 is 1.70 bits per heavy atom. The minimum atomic E-state index is 0.848. The van der Waals surface area contributed by atoms with Crippen LogP contribution in [0, 0.1) is 0 Å². The van der Waals surface area contributed by atoms with Crippen LogP contribution in [0.15, 0.2) is 176 Å². The standard InChI is InChI=1S/C53H42N2O2/c1-5-13-35(26-34(2)56-3)37-22-24-50-46(28-37)48-30-39-20-21-40-31-49-47-29-38(36-14-12-19-43(27-36)57-4)23-25-51(47)55(42-17-10-7-11-18-42)53(49)33-45(40)44(39)32-52(48)54(50)41-15-8-6-9-16-41/h5-19,22-33H,1,20-21H2,2-4H3/b34-26+,35-13+.